The van der Waals surface area contributed by atoms with Gasteiger partial charge in [-0.25, -0.2) is 9.78 Å². The summed E-state index contributed by atoms with van der Waals surface area (Å²) in [6.45, 7) is 5.81. The van der Waals surface area contributed by atoms with Gasteiger partial charge in [-0.3, -0.25) is 0 Å². The number of imidazole rings is 1. The van der Waals surface area contributed by atoms with Gasteiger partial charge in [0.05, 0.1) is 16.7 Å². The summed E-state index contributed by atoms with van der Waals surface area (Å²) >= 11 is 0. The summed E-state index contributed by atoms with van der Waals surface area (Å²) in [4.78, 5) is 25.6. The molecule has 0 spiro atoms. The van der Waals surface area contributed by atoms with Gasteiger partial charge in [-0.1, -0.05) is 5.16 Å². The van der Waals surface area contributed by atoms with Crippen molar-refractivity contribution in [2.24, 2.45) is 0 Å². The number of nitrogens with zero attached hydrogens (tertiary/aromatic N) is 2. The number of aryl methyl sites for hydroxylation is 3. The lowest BCUT2D eigenvalue weighted by Gasteiger charge is -2.08. The first kappa shape index (κ1) is 15.6. The van der Waals surface area contributed by atoms with Crippen LogP contribution < -0.4 is 5.69 Å². The van der Waals surface area contributed by atoms with Gasteiger partial charge in [0.1, 0.15) is 11.4 Å². The molecule has 4 heterocycles. The van der Waals surface area contributed by atoms with E-state index in [0.717, 1.165) is 61.5 Å². The van der Waals surface area contributed by atoms with Crippen LogP contribution in [0.2, 0.25) is 0 Å². The van der Waals surface area contributed by atoms with Crippen molar-refractivity contribution in [3.8, 4) is 22.3 Å². The summed E-state index contributed by atoms with van der Waals surface area (Å²) in [6.07, 6.45) is 1.76. The van der Waals surface area contributed by atoms with Gasteiger partial charge in [-0.2, -0.15) is 0 Å². The molecule has 5 aromatic rings. The molecule has 27 heavy (non-hydrogen) atoms. The van der Waals surface area contributed by atoms with Crippen LogP contribution in [0, 0.1) is 20.8 Å². The molecule has 4 aromatic heterocycles. The van der Waals surface area contributed by atoms with Crippen molar-refractivity contribution in [1.29, 1.82) is 0 Å². The number of H-pyrrole nitrogens is 3. The number of aromatic amines is 3. The van der Waals surface area contributed by atoms with Crippen LogP contribution in [0.3, 0.4) is 0 Å². The lowest BCUT2D eigenvalue weighted by molar-refractivity contribution is 0.393. The molecule has 0 radical (unpaired) electrons. The summed E-state index contributed by atoms with van der Waals surface area (Å²) in [7, 11) is 0. The maximum Gasteiger partial charge on any atom is 0.323 e. The Morgan fingerprint density at radius 2 is 1.89 bits per heavy atom. The fourth-order valence-electron chi connectivity index (χ4n) is 3.87. The molecular formula is C20H17N5O2. The van der Waals surface area contributed by atoms with Crippen molar-refractivity contribution in [2.75, 3.05) is 0 Å². The second-order valence-corrected chi connectivity index (χ2v) is 6.75. The highest BCUT2D eigenvalue weighted by Crippen LogP contribution is 2.38. The van der Waals surface area contributed by atoms with E-state index in [-0.39, 0.29) is 5.69 Å². The Hall–Kier alpha value is -3.61. The normalized spacial score (nSPS) is 11.7. The lowest BCUT2D eigenvalue weighted by atomic mass is 9.95. The smallest absolute Gasteiger partial charge is 0.323 e. The summed E-state index contributed by atoms with van der Waals surface area (Å²) < 4.78 is 5.35. The molecule has 0 saturated heterocycles. The van der Waals surface area contributed by atoms with Crippen molar-refractivity contribution in [3.05, 3.63) is 58.1 Å². The third kappa shape index (κ3) is 2.25. The van der Waals surface area contributed by atoms with Crippen molar-refractivity contribution < 1.29 is 4.52 Å². The van der Waals surface area contributed by atoms with Crippen LogP contribution in [-0.2, 0) is 0 Å². The zero-order chi connectivity index (χ0) is 18.7. The van der Waals surface area contributed by atoms with Gasteiger partial charge in [-0.15, -0.1) is 0 Å². The number of hydrogen-bond acceptors (Lipinski definition) is 4. The predicted octanol–water partition coefficient (Wildman–Crippen LogP) is 3.98. The number of rotatable bonds is 2. The maximum absolute atomic E-state index is 12.0. The molecule has 3 N–H and O–H groups in total. The monoisotopic (exact) mass is 359 g/mol. The number of aromatic nitrogens is 5. The van der Waals surface area contributed by atoms with Crippen LogP contribution in [0.1, 0.15) is 17.1 Å². The van der Waals surface area contributed by atoms with Crippen LogP contribution in [0.5, 0.6) is 0 Å². The van der Waals surface area contributed by atoms with Gasteiger partial charge in [0.15, 0.2) is 0 Å². The van der Waals surface area contributed by atoms with E-state index in [9.17, 15) is 4.79 Å². The first-order chi connectivity index (χ1) is 13.0. The third-order valence-corrected chi connectivity index (χ3v) is 4.97. The first-order valence-electron chi connectivity index (χ1n) is 8.66. The SMILES string of the molecule is Cc1noc(C)c1-c1cc(-c2c(C)[nH]c3ncccc23)c2[nH]c(=O)[nH]c2c1. The van der Waals surface area contributed by atoms with E-state index in [2.05, 4.69) is 31.2 Å². The van der Waals surface area contributed by atoms with Crippen LogP contribution in [0.25, 0.3) is 44.3 Å². The fourth-order valence-corrected chi connectivity index (χ4v) is 3.87. The highest BCUT2D eigenvalue weighted by Gasteiger charge is 2.19. The van der Waals surface area contributed by atoms with Crippen molar-refractivity contribution in [2.45, 2.75) is 20.8 Å². The molecule has 7 heteroatoms. The number of pyridine rings is 1. The summed E-state index contributed by atoms with van der Waals surface area (Å²) in [5, 5.41) is 5.08. The van der Waals surface area contributed by atoms with E-state index in [4.69, 9.17) is 4.52 Å². The molecule has 0 fully saturated rings. The van der Waals surface area contributed by atoms with E-state index in [1.807, 2.05) is 39.0 Å². The molecule has 5 rings (SSSR count). The van der Waals surface area contributed by atoms with Crippen LogP contribution in [-0.4, -0.2) is 25.1 Å². The quantitative estimate of drug-likeness (QED) is 0.443. The lowest BCUT2D eigenvalue weighted by Crippen LogP contribution is -1.99. The highest BCUT2D eigenvalue weighted by atomic mass is 16.5. The summed E-state index contributed by atoms with van der Waals surface area (Å²) in [5.41, 5.74) is 7.73. The summed E-state index contributed by atoms with van der Waals surface area (Å²) in [5.74, 6) is 0.744. The van der Waals surface area contributed by atoms with Gasteiger partial charge in [0.25, 0.3) is 0 Å². The Balaban J connectivity index is 1.91. The number of benzene rings is 1. The van der Waals surface area contributed by atoms with E-state index in [1.165, 1.54) is 0 Å². The average Bonchev–Trinajstić information content (AvgIpc) is 3.27. The molecule has 0 aliphatic rings. The molecule has 0 saturated carbocycles. The number of hydrogen-bond donors (Lipinski definition) is 3. The largest absolute Gasteiger partial charge is 0.361 e. The predicted molar refractivity (Wildman–Crippen MR) is 104 cm³/mol. The van der Waals surface area contributed by atoms with Gasteiger partial charge >= 0.3 is 5.69 Å². The zero-order valence-electron chi connectivity index (χ0n) is 15.1. The van der Waals surface area contributed by atoms with Crippen LogP contribution in [0.4, 0.5) is 0 Å². The minimum absolute atomic E-state index is 0.238. The number of fused-ring (bicyclic) bond motifs is 2. The Labute approximate surface area is 153 Å². The van der Waals surface area contributed by atoms with Crippen LogP contribution in [0.15, 0.2) is 39.8 Å². The minimum Gasteiger partial charge on any atom is -0.361 e. The molecule has 0 unspecified atom stereocenters. The minimum atomic E-state index is -0.238. The molecule has 0 amide bonds. The van der Waals surface area contributed by atoms with Crippen molar-refractivity contribution in [3.63, 3.8) is 0 Å². The molecular weight excluding hydrogens is 342 g/mol. The standard InChI is InChI=1S/C20H17N5O2/c1-9-17(13-5-4-6-21-19(13)22-9)14-7-12(16-10(2)25-27-11(16)3)8-15-18(14)24-20(26)23-15/h4-8H,1-3H3,(H,21,22)(H2,23,24,26). The third-order valence-electron chi connectivity index (χ3n) is 4.97. The Bertz CT molecular complexity index is 1360. The van der Waals surface area contributed by atoms with Crippen molar-refractivity contribution in [1.82, 2.24) is 25.1 Å². The maximum atomic E-state index is 12.0. The Morgan fingerprint density at radius 3 is 2.67 bits per heavy atom. The zero-order valence-corrected chi connectivity index (χ0v) is 15.1. The van der Waals surface area contributed by atoms with E-state index in [0.29, 0.717) is 0 Å². The molecule has 0 atom stereocenters. The second-order valence-electron chi connectivity index (χ2n) is 6.75. The van der Waals surface area contributed by atoms with Gasteiger partial charge in [0, 0.05) is 34.0 Å². The van der Waals surface area contributed by atoms with Gasteiger partial charge in [0.2, 0.25) is 0 Å². The first-order valence-corrected chi connectivity index (χ1v) is 8.66. The fraction of sp³-hybridized carbons (Fsp3) is 0.150. The van der Waals surface area contributed by atoms with Gasteiger partial charge < -0.3 is 19.5 Å². The van der Waals surface area contributed by atoms with E-state index in [1.54, 1.807) is 6.20 Å². The Morgan fingerprint density at radius 1 is 1.04 bits per heavy atom. The highest BCUT2D eigenvalue weighted by molar-refractivity contribution is 6.05. The van der Waals surface area contributed by atoms with Gasteiger partial charge in [-0.05, 0) is 50.6 Å². The van der Waals surface area contributed by atoms with Crippen LogP contribution >= 0.6 is 0 Å². The van der Waals surface area contributed by atoms with E-state index < -0.39 is 0 Å². The second kappa shape index (κ2) is 5.44. The van der Waals surface area contributed by atoms with Crippen molar-refractivity contribution >= 4 is 22.1 Å². The number of nitrogens with one attached hydrogen (secondary N) is 3. The molecule has 0 aliphatic carbocycles. The molecule has 7 nitrogen and oxygen atoms in total. The average molecular weight is 359 g/mol. The molecule has 134 valence electrons. The molecule has 1 aromatic carbocycles. The topological polar surface area (TPSA) is 103 Å². The molecule has 0 bridgehead atoms. The summed E-state index contributed by atoms with van der Waals surface area (Å²) in [6, 6.07) is 7.96. The molecule has 0 aliphatic heterocycles. The Kier molecular flexibility index (Phi) is 3.15. The van der Waals surface area contributed by atoms with E-state index >= 15 is 0 Å².